The molecular weight excluding hydrogens is 372 g/mol. The molecular formula is C31H28. The maximum absolute atomic E-state index is 2.34. The standard InChI is InChI=1S/C31H28/c1(2-12-22-24-14-4-8-18-28(24)29-19-9-5-15-25(22)29)3-13-23-26-16-6-10-20-30(26)31-21-11-7-17-27(23)31/h4-11,14-23H,1-3,12-13H2. The van der Waals surface area contributed by atoms with Crippen LogP contribution in [0.2, 0.25) is 0 Å². The fraction of sp³-hybridized carbons (Fsp3) is 0.226. The molecule has 0 aliphatic heterocycles. The summed E-state index contributed by atoms with van der Waals surface area (Å²) >= 11 is 0. The van der Waals surface area contributed by atoms with Crippen molar-refractivity contribution in [2.24, 2.45) is 0 Å². The topological polar surface area (TPSA) is 0 Å². The van der Waals surface area contributed by atoms with Crippen LogP contribution >= 0.6 is 0 Å². The highest BCUT2D eigenvalue weighted by atomic mass is 14.3. The van der Waals surface area contributed by atoms with Crippen LogP contribution in [-0.2, 0) is 0 Å². The summed E-state index contributed by atoms with van der Waals surface area (Å²) in [5.74, 6) is 1.14. The first-order valence-electron chi connectivity index (χ1n) is 11.8. The Labute approximate surface area is 185 Å². The molecule has 0 saturated carbocycles. The third-order valence-corrected chi connectivity index (χ3v) is 7.41. The SMILES string of the molecule is c1ccc2c(c1)-c1ccccc1C2CCCCCC1c2ccccc2-c2ccccc21. The van der Waals surface area contributed by atoms with Crippen LogP contribution in [0.5, 0.6) is 0 Å². The second-order valence-electron chi connectivity index (χ2n) is 9.09. The van der Waals surface area contributed by atoms with Gasteiger partial charge in [-0.05, 0) is 57.3 Å². The summed E-state index contributed by atoms with van der Waals surface area (Å²) in [5.41, 5.74) is 11.9. The van der Waals surface area contributed by atoms with Gasteiger partial charge in [-0.25, -0.2) is 0 Å². The van der Waals surface area contributed by atoms with Gasteiger partial charge in [0.05, 0.1) is 0 Å². The summed E-state index contributed by atoms with van der Waals surface area (Å²) in [6, 6.07) is 36.0. The highest BCUT2D eigenvalue weighted by molar-refractivity contribution is 5.79. The third-order valence-electron chi connectivity index (χ3n) is 7.41. The molecule has 0 nitrogen and oxygen atoms in total. The van der Waals surface area contributed by atoms with Crippen LogP contribution in [0.1, 0.15) is 66.2 Å². The molecule has 0 amide bonds. The Morgan fingerprint density at radius 1 is 0.355 bits per heavy atom. The molecule has 0 unspecified atom stereocenters. The second-order valence-corrected chi connectivity index (χ2v) is 9.09. The van der Waals surface area contributed by atoms with Gasteiger partial charge in [0.1, 0.15) is 0 Å². The Morgan fingerprint density at radius 2 is 0.645 bits per heavy atom. The predicted molar refractivity (Wildman–Crippen MR) is 131 cm³/mol. The van der Waals surface area contributed by atoms with E-state index >= 15 is 0 Å². The lowest BCUT2D eigenvalue weighted by molar-refractivity contribution is 0.570. The van der Waals surface area contributed by atoms with Crippen molar-refractivity contribution in [1.82, 2.24) is 0 Å². The Morgan fingerprint density at radius 3 is 0.968 bits per heavy atom. The molecule has 152 valence electrons. The minimum atomic E-state index is 0.570. The number of rotatable bonds is 6. The zero-order valence-electron chi connectivity index (χ0n) is 17.9. The Balaban J connectivity index is 1.12. The molecule has 4 aromatic carbocycles. The zero-order valence-corrected chi connectivity index (χ0v) is 17.9. The molecule has 0 aromatic heterocycles. The minimum Gasteiger partial charge on any atom is -0.0619 e. The number of fused-ring (bicyclic) bond motifs is 6. The average molecular weight is 401 g/mol. The molecule has 31 heavy (non-hydrogen) atoms. The molecule has 0 heterocycles. The number of hydrogen-bond donors (Lipinski definition) is 0. The lowest BCUT2D eigenvalue weighted by Crippen LogP contribution is -1.99. The van der Waals surface area contributed by atoms with Gasteiger partial charge >= 0.3 is 0 Å². The van der Waals surface area contributed by atoms with Gasteiger partial charge in [-0.2, -0.15) is 0 Å². The third kappa shape index (κ3) is 3.13. The molecule has 4 aromatic rings. The molecule has 0 radical (unpaired) electrons. The van der Waals surface area contributed by atoms with Crippen LogP contribution in [-0.4, -0.2) is 0 Å². The van der Waals surface area contributed by atoms with E-state index in [0.717, 1.165) is 0 Å². The zero-order chi connectivity index (χ0) is 20.6. The van der Waals surface area contributed by atoms with E-state index in [9.17, 15) is 0 Å². The van der Waals surface area contributed by atoms with Crippen molar-refractivity contribution in [2.45, 2.75) is 43.9 Å². The smallest absolute Gasteiger partial charge is 0.0102 e. The van der Waals surface area contributed by atoms with Gasteiger partial charge in [0.25, 0.3) is 0 Å². The first-order chi connectivity index (χ1) is 15.4. The van der Waals surface area contributed by atoms with E-state index in [1.54, 1.807) is 0 Å². The molecule has 2 aliphatic rings. The van der Waals surface area contributed by atoms with Crippen molar-refractivity contribution < 1.29 is 0 Å². The van der Waals surface area contributed by atoms with Crippen molar-refractivity contribution in [1.29, 1.82) is 0 Å². The monoisotopic (exact) mass is 400 g/mol. The van der Waals surface area contributed by atoms with E-state index < -0.39 is 0 Å². The van der Waals surface area contributed by atoms with E-state index in [4.69, 9.17) is 0 Å². The molecule has 2 aliphatic carbocycles. The highest BCUT2D eigenvalue weighted by Crippen LogP contribution is 2.48. The van der Waals surface area contributed by atoms with Gasteiger partial charge < -0.3 is 0 Å². The maximum atomic E-state index is 2.34. The molecule has 0 fully saturated rings. The van der Waals surface area contributed by atoms with Crippen molar-refractivity contribution in [3.05, 3.63) is 119 Å². The van der Waals surface area contributed by atoms with Gasteiger partial charge in [0.2, 0.25) is 0 Å². The lowest BCUT2D eigenvalue weighted by Gasteiger charge is -2.15. The van der Waals surface area contributed by atoms with Crippen LogP contribution in [0.3, 0.4) is 0 Å². The van der Waals surface area contributed by atoms with Gasteiger partial charge in [-0.15, -0.1) is 0 Å². The van der Waals surface area contributed by atoms with Gasteiger partial charge in [-0.1, -0.05) is 116 Å². The molecule has 0 bridgehead atoms. The molecule has 0 spiro atoms. The quantitative estimate of drug-likeness (QED) is 0.284. The molecule has 0 atom stereocenters. The largest absolute Gasteiger partial charge is 0.0619 e. The fourth-order valence-electron chi connectivity index (χ4n) is 6.02. The fourth-order valence-corrected chi connectivity index (χ4v) is 6.02. The van der Waals surface area contributed by atoms with Gasteiger partial charge in [0.15, 0.2) is 0 Å². The summed E-state index contributed by atoms with van der Waals surface area (Å²) in [6.07, 6.45) is 6.41. The van der Waals surface area contributed by atoms with Crippen LogP contribution in [0.25, 0.3) is 22.3 Å². The van der Waals surface area contributed by atoms with Crippen molar-refractivity contribution in [3.63, 3.8) is 0 Å². The van der Waals surface area contributed by atoms with Crippen LogP contribution in [0.4, 0.5) is 0 Å². The van der Waals surface area contributed by atoms with Gasteiger partial charge in [0, 0.05) is 11.8 Å². The molecule has 6 rings (SSSR count). The second kappa shape index (κ2) is 7.85. The Bertz CT molecular complexity index is 1040. The number of hydrogen-bond acceptors (Lipinski definition) is 0. The summed E-state index contributed by atoms with van der Waals surface area (Å²) in [7, 11) is 0. The van der Waals surface area contributed by atoms with Crippen LogP contribution in [0, 0.1) is 0 Å². The maximum Gasteiger partial charge on any atom is 0.0102 e. The van der Waals surface area contributed by atoms with E-state index in [-0.39, 0.29) is 0 Å². The summed E-state index contributed by atoms with van der Waals surface area (Å²) in [5, 5.41) is 0. The van der Waals surface area contributed by atoms with E-state index in [0.29, 0.717) is 11.8 Å². The normalized spacial score (nSPS) is 14.2. The first-order valence-corrected chi connectivity index (χ1v) is 11.8. The van der Waals surface area contributed by atoms with E-state index in [1.165, 1.54) is 76.6 Å². The Hall–Kier alpha value is -3.12. The molecule has 0 N–H and O–H groups in total. The van der Waals surface area contributed by atoms with E-state index in [2.05, 4.69) is 97.1 Å². The molecule has 0 saturated heterocycles. The van der Waals surface area contributed by atoms with Gasteiger partial charge in [-0.3, -0.25) is 0 Å². The number of unbranched alkanes of at least 4 members (excludes halogenated alkanes) is 2. The summed E-state index contributed by atoms with van der Waals surface area (Å²) in [6.45, 7) is 0. The average Bonchev–Trinajstić information content (AvgIpc) is 3.32. The van der Waals surface area contributed by atoms with Crippen LogP contribution < -0.4 is 0 Å². The number of benzene rings is 4. The van der Waals surface area contributed by atoms with E-state index in [1.807, 2.05) is 0 Å². The van der Waals surface area contributed by atoms with Crippen LogP contribution in [0.15, 0.2) is 97.1 Å². The molecule has 0 heteroatoms. The van der Waals surface area contributed by atoms with Crippen molar-refractivity contribution in [2.75, 3.05) is 0 Å². The van der Waals surface area contributed by atoms with Crippen molar-refractivity contribution in [3.8, 4) is 22.3 Å². The summed E-state index contributed by atoms with van der Waals surface area (Å²) < 4.78 is 0. The highest BCUT2D eigenvalue weighted by Gasteiger charge is 2.29. The minimum absolute atomic E-state index is 0.570. The lowest BCUT2D eigenvalue weighted by atomic mass is 9.89. The predicted octanol–water partition coefficient (Wildman–Crippen LogP) is 8.56. The Kier molecular flexibility index (Phi) is 4.72. The summed E-state index contributed by atoms with van der Waals surface area (Å²) in [4.78, 5) is 0. The van der Waals surface area contributed by atoms with Crippen molar-refractivity contribution >= 4 is 0 Å². The first kappa shape index (κ1) is 18.6.